The largest absolute Gasteiger partial charge is 0.489 e. The summed E-state index contributed by atoms with van der Waals surface area (Å²) in [5, 5.41) is 9.54. The summed E-state index contributed by atoms with van der Waals surface area (Å²) >= 11 is 11.9. The molecule has 0 atom stereocenters. The van der Waals surface area contributed by atoms with E-state index in [2.05, 4.69) is 5.92 Å². The molecule has 0 saturated carbocycles. The maximum atomic E-state index is 10.6. The van der Waals surface area contributed by atoms with Gasteiger partial charge in [-0.15, -0.1) is 6.42 Å². The molecule has 102 valence electrons. The number of carboxylic acids is 1. The first-order valence-electron chi connectivity index (χ1n) is 5.49. The minimum Gasteiger partial charge on any atom is -0.489 e. The van der Waals surface area contributed by atoms with Crippen molar-refractivity contribution in [3.8, 4) is 18.1 Å². The van der Waals surface area contributed by atoms with E-state index in [9.17, 15) is 4.79 Å². The predicted molar refractivity (Wildman–Crippen MR) is 74.9 cm³/mol. The van der Waals surface area contributed by atoms with Crippen molar-refractivity contribution in [2.24, 2.45) is 0 Å². The Morgan fingerprint density at radius 1 is 1.42 bits per heavy atom. The van der Waals surface area contributed by atoms with E-state index in [1.807, 2.05) is 0 Å². The van der Waals surface area contributed by atoms with Crippen LogP contribution in [0.5, 0.6) is 5.75 Å². The zero-order valence-corrected chi connectivity index (χ0v) is 11.6. The van der Waals surface area contributed by atoms with Gasteiger partial charge in [0.15, 0.2) is 5.75 Å². The molecule has 0 amide bonds. The van der Waals surface area contributed by atoms with Crippen LogP contribution >= 0.6 is 23.2 Å². The molecule has 1 N–H and O–H groups in total. The van der Waals surface area contributed by atoms with Crippen LogP contribution in [0.2, 0.25) is 10.0 Å². The van der Waals surface area contributed by atoms with Gasteiger partial charge >= 0.3 is 5.97 Å². The van der Waals surface area contributed by atoms with Crippen molar-refractivity contribution >= 4 is 29.2 Å². The SMILES string of the molecule is C#CCN(CCOc1c(Cl)cccc1Cl)CC(=O)O. The fraction of sp³-hybridized carbons (Fsp3) is 0.308. The average molecular weight is 302 g/mol. The van der Waals surface area contributed by atoms with E-state index in [1.165, 1.54) is 0 Å². The molecule has 0 aliphatic carbocycles. The summed E-state index contributed by atoms with van der Waals surface area (Å²) < 4.78 is 5.46. The number of benzene rings is 1. The number of carbonyl (C=O) groups is 1. The number of hydrogen-bond donors (Lipinski definition) is 1. The van der Waals surface area contributed by atoms with Gasteiger partial charge in [-0.2, -0.15) is 0 Å². The third-order valence-electron chi connectivity index (χ3n) is 2.25. The number of nitrogens with zero attached hydrogens (tertiary/aromatic N) is 1. The van der Waals surface area contributed by atoms with E-state index in [4.69, 9.17) is 39.5 Å². The van der Waals surface area contributed by atoms with E-state index in [0.717, 1.165) is 0 Å². The van der Waals surface area contributed by atoms with Crippen molar-refractivity contribution in [2.75, 3.05) is 26.2 Å². The first-order chi connectivity index (χ1) is 9.04. The molecule has 0 bridgehead atoms. The van der Waals surface area contributed by atoms with Crippen LogP contribution in [0.3, 0.4) is 0 Å². The molecule has 19 heavy (non-hydrogen) atoms. The van der Waals surface area contributed by atoms with Gasteiger partial charge in [-0.25, -0.2) is 0 Å². The summed E-state index contributed by atoms with van der Waals surface area (Å²) in [6, 6.07) is 5.05. The van der Waals surface area contributed by atoms with Crippen LogP contribution in [-0.2, 0) is 4.79 Å². The first-order valence-corrected chi connectivity index (χ1v) is 6.24. The van der Waals surface area contributed by atoms with E-state index in [0.29, 0.717) is 22.3 Å². The molecule has 4 nitrogen and oxygen atoms in total. The average Bonchev–Trinajstić information content (AvgIpc) is 2.32. The molecule has 1 rings (SSSR count). The Hall–Kier alpha value is -1.41. The number of para-hydroxylation sites is 1. The minimum absolute atomic E-state index is 0.135. The molecule has 0 spiro atoms. The van der Waals surface area contributed by atoms with Crippen molar-refractivity contribution in [3.05, 3.63) is 28.2 Å². The fourth-order valence-corrected chi connectivity index (χ4v) is 1.94. The quantitative estimate of drug-likeness (QED) is 0.786. The fourth-order valence-electron chi connectivity index (χ4n) is 1.43. The van der Waals surface area contributed by atoms with Gasteiger partial charge in [-0.3, -0.25) is 9.69 Å². The van der Waals surface area contributed by atoms with Gasteiger partial charge in [-0.1, -0.05) is 35.2 Å². The highest BCUT2D eigenvalue weighted by Crippen LogP contribution is 2.32. The normalized spacial score (nSPS) is 10.2. The highest BCUT2D eigenvalue weighted by molar-refractivity contribution is 6.37. The van der Waals surface area contributed by atoms with Crippen molar-refractivity contribution < 1.29 is 14.6 Å². The van der Waals surface area contributed by atoms with Crippen LogP contribution in [0.1, 0.15) is 0 Å². The lowest BCUT2D eigenvalue weighted by molar-refractivity contribution is -0.138. The van der Waals surface area contributed by atoms with Gasteiger partial charge in [0.1, 0.15) is 6.61 Å². The second kappa shape index (κ2) is 7.90. The maximum absolute atomic E-state index is 10.6. The molecular weight excluding hydrogens is 289 g/mol. The molecular formula is C13H13Cl2NO3. The van der Waals surface area contributed by atoms with Crippen molar-refractivity contribution in [1.29, 1.82) is 0 Å². The number of hydrogen-bond acceptors (Lipinski definition) is 3. The molecule has 0 unspecified atom stereocenters. The number of carboxylic acid groups (broad SMARTS) is 1. The summed E-state index contributed by atoms with van der Waals surface area (Å²) in [6.45, 7) is 0.728. The lowest BCUT2D eigenvalue weighted by Gasteiger charge is -2.18. The van der Waals surface area contributed by atoms with Crippen LogP contribution in [0.4, 0.5) is 0 Å². The highest BCUT2D eigenvalue weighted by Gasteiger charge is 2.10. The van der Waals surface area contributed by atoms with Crippen LogP contribution in [0.25, 0.3) is 0 Å². The van der Waals surface area contributed by atoms with Crippen molar-refractivity contribution in [2.45, 2.75) is 0 Å². The molecule has 1 aromatic rings. The van der Waals surface area contributed by atoms with Gasteiger partial charge in [0, 0.05) is 6.54 Å². The Bertz CT molecular complexity index is 465. The number of rotatable bonds is 7. The Kier molecular flexibility index (Phi) is 6.51. The van der Waals surface area contributed by atoms with E-state index >= 15 is 0 Å². The van der Waals surface area contributed by atoms with Crippen LogP contribution in [-0.4, -0.2) is 42.2 Å². The number of ether oxygens (including phenoxy) is 1. The molecule has 0 aromatic heterocycles. The van der Waals surface area contributed by atoms with Crippen LogP contribution in [0.15, 0.2) is 18.2 Å². The summed E-state index contributed by atoms with van der Waals surface area (Å²) in [4.78, 5) is 12.2. The van der Waals surface area contributed by atoms with Gasteiger partial charge < -0.3 is 9.84 Å². The number of aliphatic carboxylic acids is 1. The number of halogens is 2. The second-order valence-corrected chi connectivity index (χ2v) is 4.52. The van der Waals surface area contributed by atoms with Crippen LogP contribution < -0.4 is 4.74 Å². The summed E-state index contributed by atoms with van der Waals surface area (Å²) in [5.41, 5.74) is 0. The van der Waals surface area contributed by atoms with Crippen molar-refractivity contribution in [1.82, 2.24) is 4.90 Å². The molecule has 0 heterocycles. The zero-order valence-electron chi connectivity index (χ0n) is 10.1. The van der Waals surface area contributed by atoms with Gasteiger partial charge in [-0.05, 0) is 12.1 Å². The number of terminal acetylenes is 1. The predicted octanol–water partition coefficient (Wildman–Crippen LogP) is 2.39. The lowest BCUT2D eigenvalue weighted by Crippen LogP contribution is -2.33. The van der Waals surface area contributed by atoms with E-state index < -0.39 is 5.97 Å². The van der Waals surface area contributed by atoms with Crippen LogP contribution in [0, 0.1) is 12.3 Å². The zero-order chi connectivity index (χ0) is 14.3. The molecule has 0 radical (unpaired) electrons. The van der Waals surface area contributed by atoms with Gasteiger partial charge in [0.05, 0.1) is 23.1 Å². The lowest BCUT2D eigenvalue weighted by atomic mass is 10.3. The third-order valence-corrected chi connectivity index (χ3v) is 2.84. The molecule has 6 heteroatoms. The molecule has 0 aliphatic heterocycles. The summed E-state index contributed by atoms with van der Waals surface area (Å²) in [6.07, 6.45) is 5.17. The topological polar surface area (TPSA) is 49.8 Å². The Morgan fingerprint density at radius 3 is 2.58 bits per heavy atom. The molecule has 0 fully saturated rings. The molecule has 0 saturated heterocycles. The van der Waals surface area contributed by atoms with E-state index in [-0.39, 0.29) is 19.7 Å². The first kappa shape index (κ1) is 15.6. The van der Waals surface area contributed by atoms with E-state index in [1.54, 1.807) is 23.1 Å². The molecule has 0 aliphatic rings. The standard InChI is InChI=1S/C13H13Cl2NO3/c1-2-6-16(9-12(17)18)7-8-19-13-10(14)4-3-5-11(13)15/h1,3-5H,6-9H2,(H,17,18). The van der Waals surface area contributed by atoms with Crippen molar-refractivity contribution in [3.63, 3.8) is 0 Å². The highest BCUT2D eigenvalue weighted by atomic mass is 35.5. The minimum atomic E-state index is -0.939. The Labute approximate surface area is 121 Å². The second-order valence-electron chi connectivity index (χ2n) is 3.71. The monoisotopic (exact) mass is 301 g/mol. The summed E-state index contributed by atoms with van der Waals surface area (Å²) in [7, 11) is 0. The summed E-state index contributed by atoms with van der Waals surface area (Å²) in [5.74, 6) is 1.85. The van der Waals surface area contributed by atoms with Gasteiger partial charge in [0.25, 0.3) is 0 Å². The Morgan fingerprint density at radius 2 is 2.05 bits per heavy atom. The third kappa shape index (κ3) is 5.39. The maximum Gasteiger partial charge on any atom is 0.317 e. The molecule has 1 aromatic carbocycles. The van der Waals surface area contributed by atoms with Gasteiger partial charge in [0.2, 0.25) is 0 Å². The Balaban J connectivity index is 2.52. The smallest absolute Gasteiger partial charge is 0.317 e.